The molecule has 27 heavy (non-hydrogen) atoms. The highest BCUT2D eigenvalue weighted by Gasteiger charge is 2.21. The van der Waals surface area contributed by atoms with E-state index >= 15 is 0 Å². The van der Waals surface area contributed by atoms with Gasteiger partial charge in [-0.3, -0.25) is 4.99 Å². The van der Waals surface area contributed by atoms with Crippen LogP contribution in [-0.4, -0.2) is 33.3 Å². The van der Waals surface area contributed by atoms with E-state index in [0.717, 1.165) is 23.3 Å². The molecule has 6 nitrogen and oxygen atoms in total. The summed E-state index contributed by atoms with van der Waals surface area (Å²) in [6.07, 6.45) is 1.25. The first-order chi connectivity index (χ1) is 13.0. The van der Waals surface area contributed by atoms with E-state index in [1.165, 1.54) is 0 Å². The van der Waals surface area contributed by atoms with Gasteiger partial charge in [-0.1, -0.05) is 48.5 Å². The number of ether oxygens (including phenoxy) is 1. The van der Waals surface area contributed by atoms with Crippen molar-refractivity contribution in [2.24, 2.45) is 10.7 Å². The van der Waals surface area contributed by atoms with Crippen molar-refractivity contribution in [3.05, 3.63) is 65.7 Å². The van der Waals surface area contributed by atoms with Crippen LogP contribution in [0.5, 0.6) is 5.75 Å². The van der Waals surface area contributed by atoms with Crippen LogP contribution in [0.4, 0.5) is 0 Å². The molecule has 2 aromatic rings. The van der Waals surface area contributed by atoms with E-state index in [-0.39, 0.29) is 17.5 Å². The van der Waals surface area contributed by atoms with Crippen LogP contribution >= 0.6 is 0 Å². The Labute approximate surface area is 160 Å². The molecule has 0 aliphatic carbocycles. The minimum absolute atomic E-state index is 0.0560. The van der Waals surface area contributed by atoms with Crippen LogP contribution in [0.1, 0.15) is 30.0 Å². The van der Waals surface area contributed by atoms with Gasteiger partial charge in [-0.25, -0.2) is 8.42 Å². The lowest BCUT2D eigenvalue weighted by Gasteiger charge is -2.26. The Balaban J connectivity index is 1.47. The van der Waals surface area contributed by atoms with Gasteiger partial charge >= 0.3 is 0 Å². The van der Waals surface area contributed by atoms with E-state index in [9.17, 15) is 8.42 Å². The van der Waals surface area contributed by atoms with Crippen LogP contribution in [0.25, 0.3) is 0 Å². The standard InChI is InChI=1S/C20H25N3O3S/c21-20(23-18-11-13-26-19-10-5-4-9-17(18)19)22-12-6-14-27(24,25)15-16-7-2-1-3-8-16/h1-5,7-10,18H,6,11-15H2,(H3,21,22,23). The van der Waals surface area contributed by atoms with Crippen molar-refractivity contribution in [2.45, 2.75) is 24.6 Å². The third-order valence-electron chi connectivity index (χ3n) is 4.41. The average Bonchev–Trinajstić information content (AvgIpc) is 2.66. The first-order valence-electron chi connectivity index (χ1n) is 9.06. The molecular formula is C20H25N3O3S. The second-order valence-electron chi connectivity index (χ2n) is 6.57. The Bertz CT molecular complexity index is 882. The van der Waals surface area contributed by atoms with Gasteiger partial charge in [-0.15, -0.1) is 0 Å². The number of fused-ring (bicyclic) bond motifs is 1. The largest absolute Gasteiger partial charge is 0.493 e. The van der Waals surface area contributed by atoms with E-state index in [0.29, 0.717) is 25.5 Å². The molecule has 0 fully saturated rings. The summed E-state index contributed by atoms with van der Waals surface area (Å²) in [6.45, 7) is 0.997. The quantitative estimate of drug-likeness (QED) is 0.432. The molecule has 0 bridgehead atoms. The zero-order valence-electron chi connectivity index (χ0n) is 15.2. The molecule has 0 saturated heterocycles. The molecule has 0 spiro atoms. The van der Waals surface area contributed by atoms with Crippen molar-refractivity contribution < 1.29 is 13.2 Å². The normalized spacial score (nSPS) is 17.0. The van der Waals surface area contributed by atoms with Gasteiger partial charge in [-0.2, -0.15) is 0 Å². The Morgan fingerprint density at radius 2 is 1.89 bits per heavy atom. The summed E-state index contributed by atoms with van der Waals surface area (Å²) in [5.74, 6) is 1.35. The number of hydrogen-bond acceptors (Lipinski definition) is 4. The van der Waals surface area contributed by atoms with Gasteiger partial charge in [0.2, 0.25) is 0 Å². The molecule has 1 atom stereocenters. The highest BCUT2D eigenvalue weighted by Crippen LogP contribution is 2.31. The second-order valence-corrected chi connectivity index (χ2v) is 8.75. The van der Waals surface area contributed by atoms with Gasteiger partial charge in [-0.05, 0) is 18.1 Å². The minimum atomic E-state index is -3.15. The molecule has 2 aromatic carbocycles. The highest BCUT2D eigenvalue weighted by molar-refractivity contribution is 7.90. The summed E-state index contributed by atoms with van der Waals surface area (Å²) < 4.78 is 30.0. The number of rotatable bonds is 7. The maximum Gasteiger partial charge on any atom is 0.189 e. The summed E-state index contributed by atoms with van der Waals surface area (Å²) in [7, 11) is -3.15. The summed E-state index contributed by atoms with van der Waals surface area (Å²) >= 11 is 0. The summed E-state index contributed by atoms with van der Waals surface area (Å²) in [5.41, 5.74) is 7.85. The predicted octanol–water partition coefficient (Wildman–Crippen LogP) is 2.42. The number of hydrogen-bond donors (Lipinski definition) is 2. The van der Waals surface area contributed by atoms with Gasteiger partial charge in [0.1, 0.15) is 5.75 Å². The fraction of sp³-hybridized carbons (Fsp3) is 0.350. The smallest absolute Gasteiger partial charge is 0.189 e. The number of nitrogens with zero attached hydrogens (tertiary/aromatic N) is 1. The van der Waals surface area contributed by atoms with Gasteiger partial charge < -0.3 is 15.8 Å². The van der Waals surface area contributed by atoms with Crippen LogP contribution in [0, 0.1) is 0 Å². The first-order valence-corrected chi connectivity index (χ1v) is 10.9. The molecule has 1 aliphatic rings. The third-order valence-corrected chi connectivity index (χ3v) is 6.09. The van der Waals surface area contributed by atoms with Crippen LogP contribution < -0.4 is 15.8 Å². The topological polar surface area (TPSA) is 93.8 Å². The number of benzene rings is 2. The first kappa shape index (κ1) is 19.2. The van der Waals surface area contributed by atoms with Crippen molar-refractivity contribution in [1.29, 1.82) is 0 Å². The lowest BCUT2D eigenvalue weighted by atomic mass is 10.0. The molecule has 3 N–H and O–H groups in total. The predicted molar refractivity (Wildman–Crippen MR) is 107 cm³/mol. The van der Waals surface area contributed by atoms with Crippen LogP contribution in [0.2, 0.25) is 0 Å². The lowest BCUT2D eigenvalue weighted by molar-refractivity contribution is 0.262. The fourth-order valence-corrected chi connectivity index (χ4v) is 4.51. The number of sulfone groups is 1. The van der Waals surface area contributed by atoms with Gasteiger partial charge in [0.25, 0.3) is 0 Å². The SMILES string of the molecule is NC(=NCCCS(=O)(=O)Cc1ccccc1)NC1CCOc2ccccc21. The van der Waals surface area contributed by atoms with Gasteiger partial charge in [0.15, 0.2) is 15.8 Å². The van der Waals surface area contributed by atoms with Crippen LogP contribution in [-0.2, 0) is 15.6 Å². The molecule has 7 heteroatoms. The molecule has 1 heterocycles. The van der Waals surface area contributed by atoms with Crippen molar-refractivity contribution >= 4 is 15.8 Å². The number of nitrogens with two attached hydrogens (primary N) is 1. The van der Waals surface area contributed by atoms with E-state index in [1.807, 2.05) is 54.6 Å². The monoisotopic (exact) mass is 387 g/mol. The minimum Gasteiger partial charge on any atom is -0.493 e. The average molecular weight is 388 g/mol. The molecule has 0 amide bonds. The third kappa shape index (κ3) is 5.72. The Morgan fingerprint density at radius 1 is 1.15 bits per heavy atom. The molecule has 144 valence electrons. The molecule has 1 aliphatic heterocycles. The zero-order chi connectivity index (χ0) is 19.1. The van der Waals surface area contributed by atoms with Gasteiger partial charge in [0.05, 0.1) is 24.2 Å². The summed E-state index contributed by atoms with van der Waals surface area (Å²) in [5, 5.41) is 3.21. The highest BCUT2D eigenvalue weighted by atomic mass is 32.2. The fourth-order valence-electron chi connectivity index (χ4n) is 3.10. The van der Waals surface area contributed by atoms with Crippen molar-refractivity contribution in [1.82, 2.24) is 5.32 Å². The lowest BCUT2D eigenvalue weighted by Crippen LogP contribution is -2.37. The molecule has 0 aromatic heterocycles. The number of nitrogens with one attached hydrogen (secondary N) is 1. The van der Waals surface area contributed by atoms with E-state index in [1.54, 1.807) is 0 Å². The molecule has 0 saturated carbocycles. The second kappa shape index (κ2) is 8.90. The van der Waals surface area contributed by atoms with Crippen LogP contribution in [0.3, 0.4) is 0 Å². The number of aliphatic imine (C=N–C) groups is 1. The van der Waals surface area contributed by atoms with Crippen molar-refractivity contribution in [3.63, 3.8) is 0 Å². The Morgan fingerprint density at radius 3 is 2.70 bits per heavy atom. The molecule has 1 unspecified atom stereocenters. The maximum absolute atomic E-state index is 12.2. The molecular weight excluding hydrogens is 362 g/mol. The zero-order valence-corrected chi connectivity index (χ0v) is 16.0. The van der Waals surface area contributed by atoms with Gasteiger partial charge in [0, 0.05) is 18.5 Å². The Kier molecular flexibility index (Phi) is 6.34. The molecule has 0 radical (unpaired) electrons. The number of para-hydroxylation sites is 1. The summed E-state index contributed by atoms with van der Waals surface area (Å²) in [6, 6.07) is 17.1. The van der Waals surface area contributed by atoms with Crippen molar-refractivity contribution in [2.75, 3.05) is 18.9 Å². The molecule has 3 rings (SSSR count). The van der Waals surface area contributed by atoms with Crippen LogP contribution in [0.15, 0.2) is 59.6 Å². The van der Waals surface area contributed by atoms with E-state index < -0.39 is 9.84 Å². The van der Waals surface area contributed by atoms with E-state index in [4.69, 9.17) is 10.5 Å². The van der Waals surface area contributed by atoms with Crippen molar-refractivity contribution in [3.8, 4) is 5.75 Å². The summed E-state index contributed by atoms with van der Waals surface area (Å²) in [4.78, 5) is 4.28. The number of guanidine groups is 1. The Hall–Kier alpha value is -2.54. The maximum atomic E-state index is 12.2. The van der Waals surface area contributed by atoms with E-state index in [2.05, 4.69) is 10.3 Å².